The van der Waals surface area contributed by atoms with Crippen molar-refractivity contribution in [3.8, 4) is 17.6 Å². The van der Waals surface area contributed by atoms with Crippen LogP contribution in [-0.4, -0.2) is 105 Å². The van der Waals surface area contributed by atoms with Crippen LogP contribution in [0.25, 0.3) is 4.85 Å². The van der Waals surface area contributed by atoms with Crippen molar-refractivity contribution in [1.29, 1.82) is 0 Å². The maximum absolute atomic E-state index is 13.7. The lowest BCUT2D eigenvalue weighted by Crippen LogP contribution is -2.74. The Labute approximate surface area is 347 Å². The van der Waals surface area contributed by atoms with E-state index in [9.17, 15) is 24.0 Å². The van der Waals surface area contributed by atoms with Crippen LogP contribution in [0.2, 0.25) is 5.02 Å². The molecule has 4 fully saturated rings. The molecular formula is C44H43ClN8O6. The van der Waals surface area contributed by atoms with Gasteiger partial charge in [-0.2, -0.15) is 0 Å². The number of aromatic nitrogens is 2. The molecule has 5 heterocycles. The minimum absolute atomic E-state index is 0.0813. The van der Waals surface area contributed by atoms with Gasteiger partial charge in [-0.15, -0.1) is 0 Å². The number of hydrogen-bond acceptors (Lipinski definition) is 10. The van der Waals surface area contributed by atoms with Gasteiger partial charge in [0.1, 0.15) is 23.6 Å². The predicted octanol–water partition coefficient (Wildman–Crippen LogP) is 4.87. The Morgan fingerprint density at radius 3 is 2.36 bits per heavy atom. The zero-order chi connectivity index (χ0) is 41.5. The van der Waals surface area contributed by atoms with E-state index >= 15 is 0 Å². The topological polar surface area (TPSA) is 150 Å². The number of imide groups is 2. The number of rotatable bonds is 6. The molecule has 59 heavy (non-hydrogen) atoms. The van der Waals surface area contributed by atoms with E-state index in [0.29, 0.717) is 46.1 Å². The second-order valence-corrected chi connectivity index (χ2v) is 18.0. The first kappa shape index (κ1) is 38.7. The number of halogens is 1. The standard InChI is InChI=1S/C44H43ClN8O6/c1-43(2)41(44(3,4)42(43)59-28-9-11-32(46-5)31(45)21-28)52-23-33-36(40(52)58)47-22-25(48-33)7-6-24-18-27(19-24)51-16-14-50(15-17-51)26-8-10-29-30(20-26)39(57)53(38(29)56)34-12-13-35(54)49-37(34)55/h8-11,20-22,24,27,34,41-42H,12-19,23H2,1-4H3,(H,49,54,55). The highest BCUT2D eigenvalue weighted by Gasteiger charge is 2.67. The summed E-state index contributed by atoms with van der Waals surface area (Å²) in [5.41, 5.74) is 2.56. The van der Waals surface area contributed by atoms with Gasteiger partial charge in [0.05, 0.1) is 41.2 Å². The lowest BCUT2D eigenvalue weighted by molar-refractivity contribution is -0.199. The molecular weight excluding hydrogens is 772 g/mol. The minimum Gasteiger partial charge on any atom is -0.489 e. The summed E-state index contributed by atoms with van der Waals surface area (Å²) in [5, 5.41) is 2.58. The molecule has 4 aliphatic heterocycles. The number of anilines is 1. The van der Waals surface area contributed by atoms with Crippen molar-refractivity contribution in [2.45, 2.75) is 84.2 Å². The van der Waals surface area contributed by atoms with Gasteiger partial charge in [-0.3, -0.25) is 39.1 Å². The van der Waals surface area contributed by atoms with Crippen molar-refractivity contribution < 1.29 is 28.7 Å². The first-order valence-electron chi connectivity index (χ1n) is 20.0. The van der Waals surface area contributed by atoms with Gasteiger partial charge in [0, 0.05) is 67.1 Å². The SMILES string of the molecule is [C-]#[N+]c1ccc(OC2C(C)(C)C(N3Cc4nc(C#CC5CC(N6CCN(c7ccc8c(c7)C(=O)N(C7CCC(=O)NC7=O)C8=O)CC6)C5)cnc4C3=O)C2(C)C)cc1Cl. The first-order chi connectivity index (χ1) is 28.1. The summed E-state index contributed by atoms with van der Waals surface area (Å²) in [4.78, 5) is 84.5. The van der Waals surface area contributed by atoms with E-state index in [1.54, 1.807) is 36.5 Å². The average molecular weight is 815 g/mol. The summed E-state index contributed by atoms with van der Waals surface area (Å²) < 4.78 is 6.45. The monoisotopic (exact) mass is 814 g/mol. The van der Waals surface area contributed by atoms with Crippen molar-refractivity contribution in [2.75, 3.05) is 31.1 Å². The van der Waals surface area contributed by atoms with Crippen molar-refractivity contribution in [2.24, 2.45) is 16.7 Å². The largest absolute Gasteiger partial charge is 0.489 e. The summed E-state index contributed by atoms with van der Waals surface area (Å²) >= 11 is 6.28. The highest BCUT2D eigenvalue weighted by atomic mass is 35.5. The third kappa shape index (κ3) is 6.41. The lowest BCUT2D eigenvalue weighted by atomic mass is 9.49. The summed E-state index contributed by atoms with van der Waals surface area (Å²) in [6, 6.07) is 9.66. The summed E-state index contributed by atoms with van der Waals surface area (Å²) in [6.45, 7) is 19.3. The van der Waals surface area contributed by atoms with Crippen molar-refractivity contribution >= 4 is 52.5 Å². The summed E-state index contributed by atoms with van der Waals surface area (Å²) in [6.07, 6.45) is 3.49. The van der Waals surface area contributed by atoms with Crippen LogP contribution < -0.4 is 15.0 Å². The fraction of sp³-hybridized carbons (Fsp3) is 0.455. The molecule has 1 N–H and O–H groups in total. The Balaban J connectivity index is 0.776. The predicted molar refractivity (Wildman–Crippen MR) is 216 cm³/mol. The molecule has 2 aromatic carbocycles. The smallest absolute Gasteiger partial charge is 0.275 e. The van der Waals surface area contributed by atoms with Crippen LogP contribution in [0.3, 0.4) is 0 Å². The van der Waals surface area contributed by atoms with Gasteiger partial charge in [-0.1, -0.05) is 51.3 Å². The number of piperidine rings is 1. The van der Waals surface area contributed by atoms with Crippen LogP contribution in [0.5, 0.6) is 5.75 Å². The molecule has 14 nitrogen and oxygen atoms in total. The van der Waals surface area contributed by atoms with Crippen LogP contribution in [0.4, 0.5) is 11.4 Å². The summed E-state index contributed by atoms with van der Waals surface area (Å²) in [5.74, 6) is 5.28. The molecule has 2 aliphatic carbocycles. The van der Waals surface area contributed by atoms with Crippen LogP contribution in [0.15, 0.2) is 42.6 Å². The van der Waals surface area contributed by atoms with E-state index in [1.807, 2.05) is 11.0 Å². The molecule has 5 amide bonds. The lowest BCUT2D eigenvalue weighted by Gasteiger charge is -2.65. The number of benzene rings is 2. The van der Waals surface area contributed by atoms with Crippen LogP contribution >= 0.6 is 11.6 Å². The van der Waals surface area contributed by atoms with Gasteiger partial charge in [0.25, 0.3) is 17.7 Å². The van der Waals surface area contributed by atoms with E-state index in [-0.39, 0.29) is 47.9 Å². The number of fused-ring (bicyclic) bond motifs is 2. The van der Waals surface area contributed by atoms with Gasteiger partial charge >= 0.3 is 0 Å². The third-order valence-electron chi connectivity index (χ3n) is 13.1. The van der Waals surface area contributed by atoms with E-state index in [2.05, 4.69) is 64.5 Å². The average Bonchev–Trinajstić information content (AvgIpc) is 3.63. The van der Waals surface area contributed by atoms with Gasteiger partial charge in [0.2, 0.25) is 17.5 Å². The first-order valence-corrected chi connectivity index (χ1v) is 20.4. The molecule has 1 aromatic heterocycles. The van der Waals surface area contributed by atoms with E-state index in [4.69, 9.17) is 27.9 Å². The summed E-state index contributed by atoms with van der Waals surface area (Å²) in [7, 11) is 0. The zero-order valence-corrected chi connectivity index (χ0v) is 34.0. The Bertz CT molecular complexity index is 2440. The fourth-order valence-corrected chi connectivity index (χ4v) is 10.8. The van der Waals surface area contributed by atoms with Gasteiger partial charge in [-0.25, -0.2) is 14.8 Å². The molecule has 2 saturated heterocycles. The van der Waals surface area contributed by atoms with Crippen LogP contribution in [0, 0.1) is 35.2 Å². The number of nitrogens with zero attached hydrogens (tertiary/aromatic N) is 7. The molecule has 0 radical (unpaired) electrons. The molecule has 15 heteroatoms. The number of carbonyl (C=O) groups excluding carboxylic acids is 5. The van der Waals surface area contributed by atoms with E-state index < -0.39 is 40.5 Å². The fourth-order valence-electron chi connectivity index (χ4n) is 10.5. The number of nitrogens with one attached hydrogen (secondary N) is 1. The molecule has 9 rings (SSSR count). The quantitative estimate of drug-likeness (QED) is 0.208. The Morgan fingerprint density at radius 1 is 0.932 bits per heavy atom. The molecule has 6 aliphatic rings. The van der Waals surface area contributed by atoms with Crippen molar-refractivity contribution in [3.63, 3.8) is 0 Å². The number of amides is 5. The van der Waals surface area contributed by atoms with E-state index in [1.165, 1.54) is 0 Å². The minimum atomic E-state index is -0.986. The Kier molecular flexibility index (Phi) is 9.29. The number of piperazine rings is 1. The molecule has 302 valence electrons. The second kappa shape index (κ2) is 14.2. The number of hydrogen-bond donors (Lipinski definition) is 1. The van der Waals surface area contributed by atoms with Crippen LogP contribution in [-0.2, 0) is 16.1 Å². The van der Waals surface area contributed by atoms with Gasteiger partial charge < -0.3 is 14.5 Å². The van der Waals surface area contributed by atoms with Gasteiger partial charge in [0.15, 0.2) is 5.69 Å². The van der Waals surface area contributed by atoms with Gasteiger partial charge in [-0.05, 0) is 55.5 Å². The normalized spacial score (nSPS) is 26.9. The molecule has 1 atom stereocenters. The molecule has 0 spiro atoms. The maximum atomic E-state index is 13.7. The Hall–Kier alpha value is -5.83. The molecule has 0 bridgehead atoms. The zero-order valence-electron chi connectivity index (χ0n) is 33.3. The van der Waals surface area contributed by atoms with Crippen molar-refractivity contribution in [3.05, 3.63) is 87.2 Å². The highest BCUT2D eigenvalue weighted by Crippen LogP contribution is 2.59. The maximum Gasteiger partial charge on any atom is 0.275 e. The highest BCUT2D eigenvalue weighted by molar-refractivity contribution is 6.33. The van der Waals surface area contributed by atoms with E-state index in [0.717, 1.165) is 49.6 Å². The number of ether oxygens (including phenoxy) is 1. The molecule has 2 saturated carbocycles. The van der Waals surface area contributed by atoms with Crippen LogP contribution in [0.1, 0.15) is 96.0 Å². The second-order valence-electron chi connectivity index (χ2n) is 17.5. The third-order valence-corrected chi connectivity index (χ3v) is 13.4. The van der Waals surface area contributed by atoms with Crippen molar-refractivity contribution in [1.82, 2.24) is 30.0 Å². The molecule has 1 unspecified atom stereocenters. The Morgan fingerprint density at radius 2 is 1.66 bits per heavy atom. The number of carbonyl (C=O) groups is 5. The molecule has 3 aromatic rings.